The van der Waals surface area contributed by atoms with E-state index in [0.717, 1.165) is 34.4 Å². The first kappa shape index (κ1) is 15.3. The number of fused-ring (bicyclic) bond motifs is 1. The van der Waals surface area contributed by atoms with Gasteiger partial charge in [0.25, 0.3) is 0 Å². The molecular formula is C20H22N2O. The normalized spacial score (nSPS) is 10.9. The molecule has 0 saturated heterocycles. The third kappa shape index (κ3) is 3.62. The predicted molar refractivity (Wildman–Crippen MR) is 96.5 cm³/mol. The van der Waals surface area contributed by atoms with Crippen LogP contribution in [-0.4, -0.2) is 10.1 Å². The number of rotatable bonds is 5. The Kier molecular flexibility index (Phi) is 4.47. The maximum atomic E-state index is 9.75. The van der Waals surface area contributed by atoms with Crippen LogP contribution >= 0.6 is 0 Å². The summed E-state index contributed by atoms with van der Waals surface area (Å²) in [7, 11) is 0. The van der Waals surface area contributed by atoms with Crippen molar-refractivity contribution in [3.05, 3.63) is 59.8 Å². The van der Waals surface area contributed by atoms with Gasteiger partial charge >= 0.3 is 0 Å². The number of phenolic OH excluding ortho intramolecular Hbond substituents is 1. The second kappa shape index (κ2) is 6.69. The molecule has 1 aromatic heterocycles. The fourth-order valence-corrected chi connectivity index (χ4v) is 2.74. The Morgan fingerprint density at radius 3 is 2.57 bits per heavy atom. The van der Waals surface area contributed by atoms with Crippen LogP contribution in [0.3, 0.4) is 0 Å². The van der Waals surface area contributed by atoms with E-state index in [9.17, 15) is 5.11 Å². The molecule has 3 nitrogen and oxygen atoms in total. The van der Waals surface area contributed by atoms with Crippen molar-refractivity contribution in [3.8, 4) is 5.75 Å². The number of hydrogen-bond acceptors (Lipinski definition) is 3. The summed E-state index contributed by atoms with van der Waals surface area (Å²) in [6.07, 6.45) is 3.56. The molecule has 0 bridgehead atoms. The van der Waals surface area contributed by atoms with E-state index in [0.29, 0.717) is 0 Å². The first-order valence-corrected chi connectivity index (χ1v) is 8.12. The van der Waals surface area contributed by atoms with Gasteiger partial charge in [0.15, 0.2) is 0 Å². The van der Waals surface area contributed by atoms with E-state index in [1.54, 1.807) is 12.1 Å². The van der Waals surface area contributed by atoms with Crippen molar-refractivity contribution in [1.29, 1.82) is 0 Å². The lowest BCUT2D eigenvalue weighted by atomic mass is 10.1. The first-order valence-electron chi connectivity index (χ1n) is 8.12. The van der Waals surface area contributed by atoms with Crippen LogP contribution in [0.1, 0.15) is 31.0 Å². The van der Waals surface area contributed by atoms with E-state index in [-0.39, 0.29) is 5.75 Å². The Labute approximate surface area is 137 Å². The molecule has 0 unspecified atom stereocenters. The molecule has 118 valence electrons. The van der Waals surface area contributed by atoms with Crippen molar-refractivity contribution in [2.75, 3.05) is 5.32 Å². The summed E-state index contributed by atoms with van der Waals surface area (Å²) in [5.41, 5.74) is 5.20. The number of phenols is 1. The monoisotopic (exact) mass is 306 g/mol. The van der Waals surface area contributed by atoms with Crippen LogP contribution < -0.4 is 5.32 Å². The molecule has 2 aromatic carbocycles. The van der Waals surface area contributed by atoms with Gasteiger partial charge in [-0.1, -0.05) is 25.5 Å². The lowest BCUT2D eigenvalue weighted by molar-refractivity contribution is 0.476. The minimum atomic E-state index is 0.251. The highest BCUT2D eigenvalue weighted by atomic mass is 16.3. The van der Waals surface area contributed by atoms with Gasteiger partial charge in [-0.3, -0.25) is 4.98 Å². The molecule has 23 heavy (non-hydrogen) atoms. The third-order valence-electron chi connectivity index (χ3n) is 3.97. The van der Waals surface area contributed by atoms with Crippen molar-refractivity contribution in [3.63, 3.8) is 0 Å². The minimum absolute atomic E-state index is 0.251. The summed E-state index contributed by atoms with van der Waals surface area (Å²) in [6, 6.07) is 15.8. The highest BCUT2D eigenvalue weighted by Crippen LogP contribution is 2.29. The summed E-state index contributed by atoms with van der Waals surface area (Å²) in [5, 5.41) is 14.1. The number of aryl methyl sites for hydroxylation is 2. The number of aromatic hydroxyl groups is 1. The Bertz CT molecular complexity index is 810. The maximum Gasteiger partial charge on any atom is 0.116 e. The molecule has 0 fully saturated rings. The van der Waals surface area contributed by atoms with Crippen LogP contribution in [0.5, 0.6) is 5.75 Å². The van der Waals surface area contributed by atoms with E-state index in [4.69, 9.17) is 0 Å². The van der Waals surface area contributed by atoms with Crippen LogP contribution in [0, 0.1) is 6.92 Å². The third-order valence-corrected chi connectivity index (χ3v) is 3.97. The van der Waals surface area contributed by atoms with Gasteiger partial charge in [0.05, 0.1) is 5.52 Å². The van der Waals surface area contributed by atoms with E-state index in [2.05, 4.69) is 41.5 Å². The highest BCUT2D eigenvalue weighted by molar-refractivity contribution is 5.94. The zero-order chi connectivity index (χ0) is 16.2. The smallest absolute Gasteiger partial charge is 0.116 e. The van der Waals surface area contributed by atoms with E-state index in [1.807, 2.05) is 19.1 Å². The molecular weight excluding hydrogens is 284 g/mol. The van der Waals surface area contributed by atoms with Crippen LogP contribution in [0.2, 0.25) is 0 Å². The Balaban J connectivity index is 1.90. The Morgan fingerprint density at radius 1 is 1.04 bits per heavy atom. The number of benzene rings is 2. The van der Waals surface area contributed by atoms with Crippen LogP contribution in [0.25, 0.3) is 10.9 Å². The number of aromatic nitrogens is 1. The minimum Gasteiger partial charge on any atom is -0.508 e. The fraction of sp³-hybridized carbons (Fsp3) is 0.250. The summed E-state index contributed by atoms with van der Waals surface area (Å²) in [4.78, 5) is 4.52. The summed E-state index contributed by atoms with van der Waals surface area (Å²) in [5.74, 6) is 0.251. The number of nitrogens with one attached hydrogen (secondary N) is 1. The average molecular weight is 306 g/mol. The molecule has 3 aromatic rings. The Morgan fingerprint density at radius 2 is 1.83 bits per heavy atom. The van der Waals surface area contributed by atoms with Gasteiger partial charge < -0.3 is 10.4 Å². The Hall–Kier alpha value is -2.55. The molecule has 0 aliphatic rings. The molecule has 0 atom stereocenters. The van der Waals surface area contributed by atoms with E-state index >= 15 is 0 Å². The first-order chi connectivity index (χ1) is 11.2. The average Bonchev–Trinajstić information content (AvgIpc) is 2.55. The maximum absolute atomic E-state index is 9.75. The zero-order valence-electron chi connectivity index (χ0n) is 13.6. The second-order valence-corrected chi connectivity index (χ2v) is 5.94. The molecule has 0 amide bonds. The molecule has 0 aliphatic carbocycles. The van der Waals surface area contributed by atoms with Crippen LogP contribution in [0.4, 0.5) is 11.4 Å². The van der Waals surface area contributed by atoms with Gasteiger partial charge in [0, 0.05) is 22.5 Å². The highest BCUT2D eigenvalue weighted by Gasteiger charge is 2.06. The topological polar surface area (TPSA) is 45.2 Å². The van der Waals surface area contributed by atoms with Gasteiger partial charge in [-0.2, -0.15) is 0 Å². The molecule has 3 heteroatoms. The lowest BCUT2D eigenvalue weighted by Crippen LogP contribution is -1.95. The van der Waals surface area contributed by atoms with Gasteiger partial charge in [0.2, 0.25) is 0 Å². The van der Waals surface area contributed by atoms with E-state index in [1.165, 1.54) is 18.4 Å². The number of anilines is 2. The van der Waals surface area contributed by atoms with E-state index < -0.39 is 0 Å². The van der Waals surface area contributed by atoms with Gasteiger partial charge in [-0.25, -0.2) is 0 Å². The molecule has 0 saturated carbocycles. The van der Waals surface area contributed by atoms with Gasteiger partial charge in [0.1, 0.15) is 5.75 Å². The summed E-state index contributed by atoms with van der Waals surface area (Å²) < 4.78 is 0. The molecule has 1 heterocycles. The van der Waals surface area contributed by atoms with Crippen LogP contribution in [-0.2, 0) is 6.42 Å². The predicted octanol–water partition coefficient (Wildman–Crippen LogP) is 5.34. The van der Waals surface area contributed by atoms with Crippen molar-refractivity contribution >= 4 is 22.3 Å². The summed E-state index contributed by atoms with van der Waals surface area (Å²) >= 11 is 0. The standard InChI is InChI=1S/C20H22N2O/c1-3-4-5-15-6-8-16(9-7-15)22-20-12-14(2)21-19-11-10-17(23)13-18(19)20/h6-13,23H,3-5H2,1-2H3,(H,21,22). The number of unbranched alkanes of at least 4 members (excludes halogenated alkanes) is 1. The quantitative estimate of drug-likeness (QED) is 0.669. The van der Waals surface area contributed by atoms with Crippen molar-refractivity contribution in [2.24, 2.45) is 0 Å². The molecule has 0 spiro atoms. The second-order valence-electron chi connectivity index (χ2n) is 5.94. The number of pyridine rings is 1. The molecule has 0 radical (unpaired) electrons. The van der Waals surface area contributed by atoms with Crippen molar-refractivity contribution in [2.45, 2.75) is 33.1 Å². The number of nitrogens with zero attached hydrogens (tertiary/aromatic N) is 1. The van der Waals surface area contributed by atoms with Crippen molar-refractivity contribution in [1.82, 2.24) is 4.98 Å². The van der Waals surface area contributed by atoms with Gasteiger partial charge in [-0.05, 0) is 61.7 Å². The van der Waals surface area contributed by atoms with Crippen LogP contribution in [0.15, 0.2) is 48.5 Å². The largest absolute Gasteiger partial charge is 0.508 e. The SMILES string of the molecule is CCCCc1ccc(Nc2cc(C)nc3ccc(O)cc23)cc1. The van der Waals surface area contributed by atoms with Crippen molar-refractivity contribution < 1.29 is 5.11 Å². The molecule has 0 aliphatic heterocycles. The van der Waals surface area contributed by atoms with Gasteiger partial charge in [-0.15, -0.1) is 0 Å². The molecule has 2 N–H and O–H groups in total. The lowest BCUT2D eigenvalue weighted by Gasteiger charge is -2.12. The fourth-order valence-electron chi connectivity index (χ4n) is 2.74. The molecule has 3 rings (SSSR count). The summed E-state index contributed by atoms with van der Waals surface area (Å²) in [6.45, 7) is 4.19. The number of hydrogen-bond donors (Lipinski definition) is 2. The zero-order valence-corrected chi connectivity index (χ0v) is 13.6.